The largest absolute Gasteiger partial charge is 0.500 e. The number of nitrogens with zero attached hydrogens (tertiary/aromatic N) is 6. The van der Waals surface area contributed by atoms with Crippen LogP contribution in [0.3, 0.4) is 0 Å². The fraction of sp³-hybridized carbons (Fsp3) is 0.800. The summed E-state index contributed by atoms with van der Waals surface area (Å²) >= 11 is 11.4. The summed E-state index contributed by atoms with van der Waals surface area (Å²) in [6.45, 7) is 18.0. The Morgan fingerprint density at radius 1 is 0.519 bits per heavy atom. The summed E-state index contributed by atoms with van der Waals surface area (Å²) in [5.41, 5.74) is 5.54. The summed E-state index contributed by atoms with van der Waals surface area (Å²) in [4.78, 5) is 24.7. The van der Waals surface area contributed by atoms with Gasteiger partial charge in [0.2, 0.25) is 34.4 Å². The Hall–Kier alpha value is -2.09. The van der Waals surface area contributed by atoms with Crippen molar-refractivity contribution in [3.8, 4) is 0 Å². The maximum absolute atomic E-state index is 5.88. The highest BCUT2D eigenvalue weighted by atomic mass is 35.5. The number of nitrogens with one attached hydrogen (secondary N) is 5. The molecule has 2 heterocycles. The molecule has 0 radical (unpaired) electrons. The van der Waals surface area contributed by atoms with Crippen LogP contribution in [0.2, 0.25) is 22.7 Å². The van der Waals surface area contributed by atoms with Gasteiger partial charge in [0, 0.05) is 77.9 Å². The molecule has 0 aliphatic heterocycles. The lowest BCUT2D eigenvalue weighted by molar-refractivity contribution is 0.0702. The predicted octanol–water partition coefficient (Wildman–Crippen LogP) is 4.98. The summed E-state index contributed by atoms with van der Waals surface area (Å²) in [6, 6.07) is 1.44. The van der Waals surface area contributed by atoms with E-state index in [9.17, 15) is 0 Å². The van der Waals surface area contributed by atoms with Gasteiger partial charge in [0.15, 0.2) is 0 Å². The highest BCUT2D eigenvalue weighted by Crippen LogP contribution is 2.20. The number of anilines is 4. The van der Waals surface area contributed by atoms with E-state index in [1.54, 1.807) is 0 Å². The van der Waals surface area contributed by atoms with Crippen molar-refractivity contribution in [2.45, 2.75) is 81.3 Å². The third-order valence-corrected chi connectivity index (χ3v) is 12.8. The van der Waals surface area contributed by atoms with Crippen molar-refractivity contribution in [1.29, 1.82) is 0 Å². The molecule has 7 N–H and O–H groups in total. The fourth-order valence-electron chi connectivity index (χ4n) is 4.38. The first-order valence-corrected chi connectivity index (χ1v) is 21.8. The molecule has 2 aromatic heterocycles. The normalized spacial score (nSPS) is 11.1. The molecule has 0 fully saturated rings. The minimum atomic E-state index is -2.63. The molecule has 0 saturated heterocycles. The minimum absolute atomic E-state index is 0. The Balaban J connectivity index is 0. The standard InChI is InChI=1S/C16H36N8O3Si.C12H22Cl2N4O3Si.2CH4/c1-5-25-28(26-6-2,27-7-3)12-8-10-19-14-22-15(20-11-9-17)24-16(23-14)21-13-18-4;1-4-19-22(20-5-2,21-6-3)9-7-8-15-12-17-10(13)16-11(14)18-12;;/h18H,5-13,17H2,1-4H3,(H3,19,20,21,22,23,24);4-9H2,1-3H3,(H,15,16,17,18);2*1H4. The van der Waals surface area contributed by atoms with Crippen LogP contribution in [0.25, 0.3) is 0 Å². The number of aromatic nitrogens is 6. The Labute approximate surface area is 323 Å². The van der Waals surface area contributed by atoms with Crippen LogP contribution in [0, 0.1) is 0 Å². The van der Waals surface area contributed by atoms with Gasteiger partial charge in [-0.3, -0.25) is 0 Å². The second-order valence-electron chi connectivity index (χ2n) is 9.95. The van der Waals surface area contributed by atoms with E-state index in [4.69, 9.17) is 55.5 Å². The number of nitrogens with two attached hydrogens (primary N) is 1. The molecular formula is C30H66Cl2N12O6Si2. The number of hydrogen-bond acceptors (Lipinski definition) is 18. The topological polar surface area (TPSA) is 219 Å². The van der Waals surface area contributed by atoms with Gasteiger partial charge in [0.25, 0.3) is 0 Å². The second-order valence-corrected chi connectivity index (χ2v) is 16.1. The highest BCUT2D eigenvalue weighted by molar-refractivity contribution is 6.61. The van der Waals surface area contributed by atoms with E-state index in [1.165, 1.54) is 0 Å². The lowest BCUT2D eigenvalue weighted by Crippen LogP contribution is -2.46. The van der Waals surface area contributed by atoms with E-state index >= 15 is 0 Å². The van der Waals surface area contributed by atoms with Crippen LogP contribution in [0.4, 0.5) is 23.8 Å². The smallest absolute Gasteiger partial charge is 0.374 e. The number of halogens is 2. The molecule has 0 saturated carbocycles. The maximum Gasteiger partial charge on any atom is 0.500 e. The Morgan fingerprint density at radius 2 is 0.846 bits per heavy atom. The summed E-state index contributed by atoms with van der Waals surface area (Å²) in [5, 5.41) is 15.6. The molecule has 22 heteroatoms. The molecule has 0 bridgehead atoms. The van der Waals surface area contributed by atoms with Crippen LogP contribution in [0.15, 0.2) is 0 Å². The Bertz CT molecular complexity index is 1100. The zero-order valence-electron chi connectivity index (χ0n) is 30.6. The van der Waals surface area contributed by atoms with Crippen molar-refractivity contribution >= 4 is 64.6 Å². The molecule has 18 nitrogen and oxygen atoms in total. The summed E-state index contributed by atoms with van der Waals surface area (Å²) in [6.07, 6.45) is 1.59. The minimum Gasteiger partial charge on any atom is -0.374 e. The van der Waals surface area contributed by atoms with Gasteiger partial charge >= 0.3 is 17.6 Å². The molecule has 304 valence electrons. The summed E-state index contributed by atoms with van der Waals surface area (Å²) < 4.78 is 35.0. The van der Waals surface area contributed by atoms with Crippen LogP contribution in [-0.4, -0.2) is 127 Å². The molecule has 0 atom stereocenters. The van der Waals surface area contributed by atoms with Crippen molar-refractivity contribution in [2.75, 3.05) is 101 Å². The van der Waals surface area contributed by atoms with Crippen LogP contribution in [0.5, 0.6) is 0 Å². The average molecular weight is 818 g/mol. The van der Waals surface area contributed by atoms with Crippen molar-refractivity contribution in [3.63, 3.8) is 0 Å². The van der Waals surface area contributed by atoms with Gasteiger partial charge < -0.3 is 58.9 Å². The van der Waals surface area contributed by atoms with Gasteiger partial charge in [-0.1, -0.05) is 14.9 Å². The maximum atomic E-state index is 5.88. The summed E-state index contributed by atoms with van der Waals surface area (Å²) in [7, 11) is -3.39. The van der Waals surface area contributed by atoms with Crippen LogP contribution >= 0.6 is 23.2 Å². The van der Waals surface area contributed by atoms with E-state index in [0.717, 1.165) is 18.9 Å². The Morgan fingerprint density at radius 3 is 1.17 bits per heavy atom. The van der Waals surface area contributed by atoms with Crippen LogP contribution < -0.4 is 32.3 Å². The van der Waals surface area contributed by atoms with Crippen molar-refractivity contribution in [1.82, 2.24) is 35.2 Å². The lowest BCUT2D eigenvalue weighted by atomic mass is 10.5. The van der Waals surface area contributed by atoms with E-state index in [1.807, 2.05) is 48.6 Å². The first-order valence-electron chi connectivity index (χ1n) is 17.1. The highest BCUT2D eigenvalue weighted by Gasteiger charge is 2.40. The molecular weight excluding hydrogens is 751 g/mol. The molecule has 0 aromatic carbocycles. The van der Waals surface area contributed by atoms with Crippen molar-refractivity contribution < 1.29 is 26.6 Å². The summed E-state index contributed by atoms with van der Waals surface area (Å²) in [5.74, 6) is 1.79. The molecule has 0 unspecified atom stereocenters. The van der Waals surface area contributed by atoms with Gasteiger partial charge in [-0.2, -0.15) is 29.9 Å². The van der Waals surface area contributed by atoms with Crippen LogP contribution in [-0.2, 0) is 26.6 Å². The lowest BCUT2D eigenvalue weighted by Gasteiger charge is -2.28. The first kappa shape index (κ1) is 52.0. The monoisotopic (exact) mass is 816 g/mol. The quantitative estimate of drug-likeness (QED) is 0.0379. The third-order valence-electron chi connectivity index (χ3n) is 6.14. The molecule has 2 rings (SSSR count). The predicted molar refractivity (Wildman–Crippen MR) is 215 cm³/mol. The zero-order valence-corrected chi connectivity index (χ0v) is 34.1. The molecule has 2 aromatic rings. The fourth-order valence-corrected chi connectivity index (χ4v) is 9.97. The van der Waals surface area contributed by atoms with Crippen molar-refractivity contribution in [3.05, 3.63) is 10.6 Å². The zero-order chi connectivity index (χ0) is 37.1. The van der Waals surface area contributed by atoms with Gasteiger partial charge in [-0.05, 0) is 84.6 Å². The van der Waals surface area contributed by atoms with E-state index in [-0.39, 0.29) is 25.4 Å². The van der Waals surface area contributed by atoms with Gasteiger partial charge in [-0.15, -0.1) is 0 Å². The second kappa shape index (κ2) is 31.3. The number of rotatable bonds is 28. The molecule has 0 aliphatic carbocycles. The third kappa shape index (κ3) is 21.6. The van der Waals surface area contributed by atoms with E-state index in [2.05, 4.69) is 56.5 Å². The number of hydrogen-bond donors (Lipinski definition) is 6. The van der Waals surface area contributed by atoms with Crippen molar-refractivity contribution in [2.24, 2.45) is 5.73 Å². The first-order chi connectivity index (χ1) is 24.2. The molecule has 0 spiro atoms. The Kier molecular flexibility index (Phi) is 31.3. The molecule has 0 amide bonds. The molecule has 0 aliphatic rings. The van der Waals surface area contributed by atoms with Crippen LogP contribution in [0.1, 0.15) is 69.2 Å². The molecule has 52 heavy (non-hydrogen) atoms. The van der Waals surface area contributed by atoms with E-state index < -0.39 is 17.6 Å². The average Bonchev–Trinajstić information content (AvgIpc) is 3.07. The van der Waals surface area contributed by atoms with Gasteiger partial charge in [0.1, 0.15) is 0 Å². The SMILES string of the molecule is C.C.CCO[Si](CCCNc1nc(Cl)nc(Cl)n1)(OCC)OCC.CCO[Si](CCCNc1nc(NCCN)nc(NCNC)n1)(OCC)OCC. The van der Waals surface area contributed by atoms with Gasteiger partial charge in [0.05, 0.1) is 6.67 Å². The van der Waals surface area contributed by atoms with E-state index in [0.29, 0.717) is 102 Å². The van der Waals surface area contributed by atoms with Gasteiger partial charge in [-0.25, -0.2) is 0 Å².